The topological polar surface area (TPSA) is 19.4 Å². The predicted molar refractivity (Wildman–Crippen MR) is 580 cm³/mol. The summed E-state index contributed by atoms with van der Waals surface area (Å²) < 4.78 is 0. The standard InChI is InChI=1S/C125H239N3/c1-2-4-6-8-10-12-14-16-18-20-22-24-26-28-30-32-34-36-38-40-42-44-46-48-50-52-54-56-58-60-62-64-66-68-70-72-74-76-78-80-82-84-86-88-90-92-94-96-98-100-102-104-106-110-122-113-114-123(124(120-122)121-127-116-118-128(119-117-127)125-112-108-109-115-126-125)111-107-105-103-101-99-97-95-93-91-89-87-85-83-81-79-77-75-73-71-69-67-65-63-61-59-57-55-53-51-49-47-45-43-41-39-37-35-33-31-29-27-25-23-21-19-17-15-13-11-9-7-5-3-1/h108-109,112-115,122-124H,1-107,110-111,116-121H2. The Morgan fingerprint density at radius 1 is 0.180 bits per heavy atom. The maximum absolute atomic E-state index is 4.70. The number of nitrogens with zero attached hydrogens (tertiary/aromatic N) is 3. The maximum atomic E-state index is 4.70. The summed E-state index contributed by atoms with van der Waals surface area (Å²) in [6, 6.07) is 6.41. The summed E-state index contributed by atoms with van der Waals surface area (Å²) >= 11 is 0. The molecule has 5 rings (SSSR count). The van der Waals surface area contributed by atoms with Crippen LogP contribution in [-0.4, -0.2) is 42.6 Å². The van der Waals surface area contributed by atoms with E-state index in [0.717, 1.165) is 36.7 Å². The summed E-state index contributed by atoms with van der Waals surface area (Å²) in [6.07, 6.45) is 171. The minimum Gasteiger partial charge on any atom is -0.354 e. The van der Waals surface area contributed by atoms with Crippen molar-refractivity contribution in [1.82, 2.24) is 9.88 Å². The van der Waals surface area contributed by atoms with Crippen LogP contribution in [-0.2, 0) is 0 Å². The molecule has 2 heterocycles. The van der Waals surface area contributed by atoms with E-state index in [1.165, 1.54) is 726 Å². The first-order chi connectivity index (χ1) is 63.9. The largest absolute Gasteiger partial charge is 0.354 e. The molecule has 0 amide bonds. The fourth-order valence-electron chi connectivity index (χ4n) is 23.2. The normalized spacial score (nSPS) is 25.4. The first-order valence-corrected chi connectivity index (χ1v) is 61.9. The Hall–Kier alpha value is -1.35. The molecule has 0 aromatic carbocycles. The van der Waals surface area contributed by atoms with E-state index in [-0.39, 0.29) is 0 Å². The Bertz CT molecular complexity index is 2170. The fraction of sp³-hybridized carbons (Fsp3) is 0.944. The number of aromatic nitrogens is 1. The summed E-state index contributed by atoms with van der Waals surface area (Å²) in [7, 11) is 0. The third-order valence-corrected chi connectivity index (χ3v) is 32.3. The number of anilines is 1. The van der Waals surface area contributed by atoms with Crippen LogP contribution in [0.25, 0.3) is 0 Å². The Morgan fingerprint density at radius 3 is 0.508 bits per heavy atom. The number of rotatable bonds is 3. The zero-order chi connectivity index (χ0) is 89.7. The lowest BCUT2D eigenvalue weighted by Crippen LogP contribution is -2.49. The van der Waals surface area contributed by atoms with Crippen molar-refractivity contribution >= 4 is 5.82 Å². The molecule has 1 aliphatic heterocycles. The van der Waals surface area contributed by atoms with Gasteiger partial charge >= 0.3 is 0 Å². The molecular formula is C125H239N3. The van der Waals surface area contributed by atoms with Crippen molar-refractivity contribution in [1.29, 1.82) is 0 Å². The van der Waals surface area contributed by atoms with Crippen LogP contribution in [0.5, 0.6) is 0 Å². The van der Waals surface area contributed by atoms with Crippen LogP contribution in [0.15, 0.2) is 36.5 Å². The third kappa shape index (κ3) is 85.1. The van der Waals surface area contributed by atoms with Gasteiger partial charge in [0, 0.05) is 38.9 Å². The summed E-state index contributed by atoms with van der Waals surface area (Å²) in [6.45, 7) is 5.92. The molecule has 3 heteroatoms. The van der Waals surface area contributed by atoms with Crippen molar-refractivity contribution in [2.45, 2.75) is 706 Å². The van der Waals surface area contributed by atoms with E-state index in [1.807, 2.05) is 6.20 Å². The number of allylic oxidation sites excluding steroid dienone is 2. The zero-order valence-corrected chi connectivity index (χ0v) is 88.4. The molecular weight excluding hydrogens is 1540 g/mol. The minimum atomic E-state index is 0.786. The van der Waals surface area contributed by atoms with E-state index in [2.05, 4.69) is 40.2 Å². The van der Waals surface area contributed by atoms with Crippen LogP contribution >= 0.6 is 0 Å². The molecule has 2 bridgehead atoms. The summed E-state index contributed by atoms with van der Waals surface area (Å²) in [4.78, 5) is 10.0. The summed E-state index contributed by atoms with van der Waals surface area (Å²) in [5.74, 6) is 3.59. The number of hydrogen-bond acceptors (Lipinski definition) is 3. The molecule has 2 fully saturated rings. The van der Waals surface area contributed by atoms with Gasteiger partial charge in [0.05, 0.1) is 0 Å². The van der Waals surface area contributed by atoms with Gasteiger partial charge in [-0.05, 0) is 49.1 Å². The molecule has 3 nitrogen and oxygen atoms in total. The molecule has 0 N–H and O–H groups in total. The second-order valence-corrected chi connectivity index (χ2v) is 44.7. The molecule has 754 valence electrons. The molecule has 3 unspecified atom stereocenters. The van der Waals surface area contributed by atoms with E-state index in [1.54, 1.807) is 0 Å². The van der Waals surface area contributed by atoms with Crippen molar-refractivity contribution < 1.29 is 0 Å². The van der Waals surface area contributed by atoms with Gasteiger partial charge in [0.2, 0.25) is 0 Å². The van der Waals surface area contributed by atoms with Gasteiger partial charge in [-0.15, -0.1) is 0 Å². The van der Waals surface area contributed by atoms with Crippen LogP contribution in [0.4, 0.5) is 5.82 Å². The average Bonchev–Trinajstić information content (AvgIpc) is 0.836. The van der Waals surface area contributed by atoms with Crippen LogP contribution in [0.3, 0.4) is 0 Å². The Balaban J connectivity index is 0.940. The van der Waals surface area contributed by atoms with Gasteiger partial charge in [0.25, 0.3) is 0 Å². The van der Waals surface area contributed by atoms with E-state index in [4.69, 9.17) is 4.98 Å². The molecule has 1 aromatic heterocycles. The van der Waals surface area contributed by atoms with Gasteiger partial charge in [-0.2, -0.15) is 0 Å². The van der Waals surface area contributed by atoms with Crippen molar-refractivity contribution in [2.24, 2.45) is 17.8 Å². The Labute approximate surface area is 808 Å². The zero-order valence-electron chi connectivity index (χ0n) is 88.4. The molecule has 0 radical (unpaired) electrons. The van der Waals surface area contributed by atoms with E-state index in [9.17, 15) is 0 Å². The first kappa shape index (κ1) is 119. The van der Waals surface area contributed by atoms with Crippen LogP contribution in [0.1, 0.15) is 706 Å². The molecule has 1 saturated heterocycles. The highest BCUT2D eigenvalue weighted by atomic mass is 15.3. The van der Waals surface area contributed by atoms with Crippen LogP contribution < -0.4 is 4.90 Å². The third-order valence-electron chi connectivity index (χ3n) is 32.3. The van der Waals surface area contributed by atoms with Gasteiger partial charge in [0.15, 0.2) is 0 Å². The van der Waals surface area contributed by atoms with Crippen molar-refractivity contribution in [3.63, 3.8) is 0 Å². The average molecular weight is 1780 g/mol. The number of hydrogen-bond donors (Lipinski definition) is 0. The maximum Gasteiger partial charge on any atom is 0.128 e. The van der Waals surface area contributed by atoms with E-state index >= 15 is 0 Å². The second-order valence-electron chi connectivity index (χ2n) is 44.7. The predicted octanol–water partition coefficient (Wildman–Crippen LogP) is 44.5. The van der Waals surface area contributed by atoms with Crippen LogP contribution in [0, 0.1) is 17.8 Å². The first-order valence-electron chi connectivity index (χ1n) is 61.9. The van der Waals surface area contributed by atoms with Crippen molar-refractivity contribution in [2.75, 3.05) is 37.6 Å². The Morgan fingerprint density at radius 2 is 0.344 bits per heavy atom. The van der Waals surface area contributed by atoms with Gasteiger partial charge in [0.1, 0.15) is 5.82 Å². The highest BCUT2D eigenvalue weighted by molar-refractivity contribution is 5.38. The highest BCUT2D eigenvalue weighted by Gasteiger charge is 2.30. The monoisotopic (exact) mass is 1780 g/mol. The smallest absolute Gasteiger partial charge is 0.128 e. The quantitative estimate of drug-likeness (QED) is 0.281. The molecule has 3 atom stereocenters. The minimum absolute atomic E-state index is 0.786. The molecule has 1 aromatic rings. The lowest BCUT2D eigenvalue weighted by atomic mass is 9.75. The molecule has 0 spiro atoms. The number of piperazine rings is 1. The van der Waals surface area contributed by atoms with Crippen LogP contribution in [0.2, 0.25) is 0 Å². The molecule has 128 heavy (non-hydrogen) atoms. The van der Waals surface area contributed by atoms with Crippen molar-refractivity contribution in [3.05, 3.63) is 36.5 Å². The van der Waals surface area contributed by atoms with E-state index in [0.29, 0.717) is 0 Å². The Kier molecular flexibility index (Phi) is 94.4. The second kappa shape index (κ2) is 102. The van der Waals surface area contributed by atoms with Gasteiger partial charge in [-0.3, -0.25) is 4.90 Å². The van der Waals surface area contributed by atoms with Gasteiger partial charge < -0.3 is 4.90 Å². The van der Waals surface area contributed by atoms with Gasteiger partial charge in [-0.25, -0.2) is 4.98 Å². The number of pyridine rings is 1. The number of fused-ring (bicyclic) bond motifs is 109. The summed E-state index contributed by atoms with van der Waals surface area (Å²) in [5, 5.41) is 0. The molecule has 3 aliphatic carbocycles. The van der Waals surface area contributed by atoms with E-state index < -0.39 is 0 Å². The van der Waals surface area contributed by atoms with Gasteiger partial charge in [-0.1, -0.05) is 705 Å². The lowest BCUT2D eigenvalue weighted by molar-refractivity contribution is 0.165. The highest BCUT2D eigenvalue weighted by Crippen LogP contribution is 2.37. The molecule has 4 aliphatic rings. The molecule has 1 saturated carbocycles. The fourth-order valence-corrected chi connectivity index (χ4v) is 23.2. The summed E-state index contributed by atoms with van der Waals surface area (Å²) in [5.41, 5.74) is 0. The lowest BCUT2D eigenvalue weighted by Gasteiger charge is -2.40. The SMILES string of the molecule is C1=CC2CCCCCCCCCCCCCCCCCCCCCCCCCCCCCCCCCCCCCCCCCCCCCCCCCCCCCCCCCCCCCCCCCCCCCCCCCCCCCCCCCCCCCCCCCCCCCCCCCCCCCCCCCCCCCC1CC2CN1CCN(c2ccccn2)CC1. The van der Waals surface area contributed by atoms with Crippen molar-refractivity contribution in [3.8, 4) is 0 Å².